The molecule has 8 heteroatoms. The Morgan fingerprint density at radius 3 is 2.70 bits per heavy atom. The van der Waals surface area contributed by atoms with E-state index in [1.54, 1.807) is 17.0 Å². The van der Waals surface area contributed by atoms with Gasteiger partial charge in [-0.1, -0.05) is 30.0 Å². The van der Waals surface area contributed by atoms with Gasteiger partial charge >= 0.3 is 0 Å². The number of hydrogen-bond donors (Lipinski definition) is 1. The van der Waals surface area contributed by atoms with Crippen molar-refractivity contribution in [2.24, 2.45) is 0 Å². The second-order valence-corrected chi connectivity index (χ2v) is 6.81. The van der Waals surface area contributed by atoms with Crippen molar-refractivity contribution in [2.45, 2.75) is 12.1 Å². The van der Waals surface area contributed by atoms with Gasteiger partial charge in [0.15, 0.2) is 5.65 Å². The molecule has 0 aliphatic rings. The van der Waals surface area contributed by atoms with Crippen molar-refractivity contribution < 1.29 is 9.18 Å². The molecule has 0 aliphatic carbocycles. The van der Waals surface area contributed by atoms with Crippen LogP contribution in [0.25, 0.3) is 22.1 Å². The number of rotatable bonds is 5. The van der Waals surface area contributed by atoms with Gasteiger partial charge < -0.3 is 9.88 Å². The molecule has 6 nitrogen and oxygen atoms in total. The predicted octanol–water partition coefficient (Wildman–Crippen LogP) is 3.79. The van der Waals surface area contributed by atoms with Gasteiger partial charge in [-0.05, 0) is 37.3 Å². The molecule has 1 N–H and O–H groups in total. The summed E-state index contributed by atoms with van der Waals surface area (Å²) >= 11 is 1.22. The van der Waals surface area contributed by atoms with Gasteiger partial charge in [-0.2, -0.15) is 0 Å². The minimum absolute atomic E-state index is 0.102. The minimum Gasteiger partial charge on any atom is -0.338 e. The van der Waals surface area contributed by atoms with E-state index in [1.807, 2.05) is 31.2 Å². The molecule has 4 rings (SSSR count). The number of aromatic amines is 1. The summed E-state index contributed by atoms with van der Waals surface area (Å²) in [5.41, 5.74) is 2.96. The molecule has 4 aromatic rings. The minimum atomic E-state index is -0.331. The Bertz CT molecular complexity index is 1110. The van der Waals surface area contributed by atoms with Gasteiger partial charge in [-0.25, -0.2) is 9.37 Å². The van der Waals surface area contributed by atoms with Crippen LogP contribution in [0.1, 0.15) is 6.92 Å². The summed E-state index contributed by atoms with van der Waals surface area (Å²) in [4.78, 5) is 21.8. The van der Waals surface area contributed by atoms with Crippen LogP contribution in [0.15, 0.2) is 53.7 Å². The first-order valence-electron chi connectivity index (χ1n) is 8.45. The maximum Gasteiger partial charge on any atom is 0.237 e. The molecule has 1 amide bonds. The van der Waals surface area contributed by atoms with E-state index in [0.29, 0.717) is 28.6 Å². The van der Waals surface area contributed by atoms with Crippen LogP contribution in [0, 0.1) is 5.82 Å². The van der Waals surface area contributed by atoms with Gasteiger partial charge in [0.2, 0.25) is 11.1 Å². The van der Waals surface area contributed by atoms with Crippen LogP contribution in [0.5, 0.6) is 0 Å². The molecular formula is C19H16FN5OS. The van der Waals surface area contributed by atoms with E-state index in [9.17, 15) is 9.18 Å². The number of nitrogens with zero attached hydrogens (tertiary/aromatic N) is 4. The summed E-state index contributed by atoms with van der Waals surface area (Å²) in [6.45, 7) is 2.37. The molecule has 0 unspecified atom stereocenters. The highest BCUT2D eigenvalue weighted by molar-refractivity contribution is 7.99. The first kappa shape index (κ1) is 17.4. The number of hydrogen-bond acceptors (Lipinski definition) is 5. The Kier molecular flexibility index (Phi) is 4.72. The molecule has 2 aromatic heterocycles. The SMILES string of the molecule is CCN(C(=O)CSc1nnc2c(n1)[nH]c1ccccc12)c1ccc(F)cc1. The molecule has 2 heterocycles. The number of carbonyl (C=O) groups excluding carboxylic acids is 1. The maximum atomic E-state index is 13.1. The maximum absolute atomic E-state index is 13.1. The normalized spacial score (nSPS) is 11.2. The fourth-order valence-corrected chi connectivity index (χ4v) is 3.56. The Balaban J connectivity index is 1.51. The number of thioether (sulfide) groups is 1. The number of aromatic nitrogens is 4. The fourth-order valence-electron chi connectivity index (χ4n) is 2.90. The van der Waals surface area contributed by atoms with Gasteiger partial charge in [0, 0.05) is 23.1 Å². The second-order valence-electron chi connectivity index (χ2n) is 5.87. The topological polar surface area (TPSA) is 74.8 Å². The molecule has 0 aliphatic heterocycles. The van der Waals surface area contributed by atoms with Crippen molar-refractivity contribution in [2.75, 3.05) is 17.2 Å². The van der Waals surface area contributed by atoms with Gasteiger partial charge in [-0.3, -0.25) is 4.79 Å². The molecule has 0 atom stereocenters. The number of anilines is 1. The summed E-state index contributed by atoms with van der Waals surface area (Å²) in [7, 11) is 0. The first-order valence-corrected chi connectivity index (χ1v) is 9.44. The zero-order valence-electron chi connectivity index (χ0n) is 14.5. The van der Waals surface area contributed by atoms with Crippen LogP contribution >= 0.6 is 11.8 Å². The molecule has 2 aromatic carbocycles. The van der Waals surface area contributed by atoms with Crippen LogP contribution in [-0.2, 0) is 4.79 Å². The van der Waals surface area contributed by atoms with Crippen LogP contribution in [0.2, 0.25) is 0 Å². The summed E-state index contributed by atoms with van der Waals surface area (Å²) < 4.78 is 13.1. The quantitative estimate of drug-likeness (QED) is 0.533. The molecule has 136 valence electrons. The highest BCUT2D eigenvalue weighted by Crippen LogP contribution is 2.24. The molecule has 0 radical (unpaired) electrons. The van der Waals surface area contributed by atoms with Crippen LogP contribution in [0.3, 0.4) is 0 Å². The fraction of sp³-hybridized carbons (Fsp3) is 0.158. The number of benzene rings is 2. The smallest absolute Gasteiger partial charge is 0.237 e. The molecule has 0 spiro atoms. The Morgan fingerprint density at radius 2 is 1.93 bits per heavy atom. The van der Waals surface area contributed by atoms with Gasteiger partial charge in [0.25, 0.3) is 0 Å². The number of amides is 1. The zero-order chi connectivity index (χ0) is 18.8. The monoisotopic (exact) mass is 381 g/mol. The highest BCUT2D eigenvalue weighted by Gasteiger charge is 2.16. The van der Waals surface area contributed by atoms with E-state index in [2.05, 4.69) is 20.2 Å². The summed E-state index contributed by atoms with van der Waals surface area (Å²) in [6.07, 6.45) is 0. The van der Waals surface area contributed by atoms with Gasteiger partial charge in [0.1, 0.15) is 11.3 Å². The van der Waals surface area contributed by atoms with Crippen molar-refractivity contribution in [3.8, 4) is 0 Å². The van der Waals surface area contributed by atoms with E-state index in [-0.39, 0.29) is 17.5 Å². The largest absolute Gasteiger partial charge is 0.338 e. The lowest BCUT2D eigenvalue weighted by atomic mass is 10.2. The summed E-state index contributed by atoms with van der Waals surface area (Å²) in [5.74, 6) is -0.268. The van der Waals surface area contributed by atoms with E-state index in [0.717, 1.165) is 10.9 Å². The number of halogens is 1. The van der Waals surface area contributed by atoms with Gasteiger partial charge in [0.05, 0.1) is 5.75 Å². The van der Waals surface area contributed by atoms with E-state index in [1.165, 1.54) is 23.9 Å². The average Bonchev–Trinajstić information content (AvgIpc) is 3.06. The van der Waals surface area contributed by atoms with Gasteiger partial charge in [-0.15, -0.1) is 10.2 Å². The third kappa shape index (κ3) is 3.48. The van der Waals surface area contributed by atoms with Crippen molar-refractivity contribution in [3.05, 3.63) is 54.3 Å². The average molecular weight is 381 g/mol. The second kappa shape index (κ2) is 7.32. The highest BCUT2D eigenvalue weighted by atomic mass is 32.2. The van der Waals surface area contributed by atoms with Crippen molar-refractivity contribution in [3.63, 3.8) is 0 Å². The van der Waals surface area contributed by atoms with E-state index >= 15 is 0 Å². The van der Waals surface area contributed by atoms with Crippen LogP contribution < -0.4 is 4.90 Å². The molecule has 27 heavy (non-hydrogen) atoms. The molecular weight excluding hydrogens is 365 g/mol. The Morgan fingerprint density at radius 1 is 1.15 bits per heavy atom. The number of carbonyl (C=O) groups is 1. The summed E-state index contributed by atoms with van der Waals surface area (Å²) in [6, 6.07) is 13.7. The van der Waals surface area contributed by atoms with Crippen molar-refractivity contribution in [1.82, 2.24) is 20.2 Å². The lowest BCUT2D eigenvalue weighted by molar-refractivity contribution is -0.116. The Hall–Kier alpha value is -3.00. The lowest BCUT2D eigenvalue weighted by Gasteiger charge is -2.20. The molecule has 0 saturated heterocycles. The first-order chi connectivity index (χ1) is 13.2. The zero-order valence-corrected chi connectivity index (χ0v) is 15.3. The predicted molar refractivity (Wildman–Crippen MR) is 104 cm³/mol. The third-order valence-electron chi connectivity index (χ3n) is 4.18. The van der Waals surface area contributed by atoms with Crippen LogP contribution in [0.4, 0.5) is 10.1 Å². The number of nitrogens with one attached hydrogen (secondary N) is 1. The number of fused-ring (bicyclic) bond motifs is 3. The summed E-state index contributed by atoms with van der Waals surface area (Å²) in [5, 5.41) is 9.78. The van der Waals surface area contributed by atoms with E-state index < -0.39 is 0 Å². The van der Waals surface area contributed by atoms with E-state index in [4.69, 9.17) is 0 Å². The molecule has 0 fully saturated rings. The Labute approximate surface area is 158 Å². The molecule has 0 saturated carbocycles. The van der Waals surface area contributed by atoms with Crippen molar-refractivity contribution in [1.29, 1.82) is 0 Å². The standard InChI is InChI=1S/C19H16FN5OS/c1-2-25(13-9-7-12(20)8-10-13)16(26)11-27-19-22-18-17(23-24-19)14-5-3-4-6-15(14)21-18/h3-10H,2,11H2,1H3,(H,21,22,24). The number of para-hydroxylation sites is 1. The lowest BCUT2D eigenvalue weighted by Crippen LogP contribution is -2.32. The third-order valence-corrected chi connectivity index (χ3v) is 5.01. The molecule has 0 bridgehead atoms. The van der Waals surface area contributed by atoms with Crippen LogP contribution in [-0.4, -0.2) is 38.4 Å². The number of H-pyrrole nitrogens is 1. The van der Waals surface area contributed by atoms with Crippen molar-refractivity contribution >= 4 is 45.4 Å².